The lowest BCUT2D eigenvalue weighted by Crippen LogP contribution is -2.14. The van der Waals surface area contributed by atoms with Crippen molar-refractivity contribution in [3.63, 3.8) is 0 Å². The summed E-state index contributed by atoms with van der Waals surface area (Å²) in [5, 5.41) is 7.63. The Balaban J connectivity index is 1.91. The average molecular weight is 388 g/mol. The predicted molar refractivity (Wildman–Crippen MR) is 104 cm³/mol. The van der Waals surface area contributed by atoms with Gasteiger partial charge in [-0.2, -0.15) is 5.10 Å². The number of halogens is 2. The van der Waals surface area contributed by atoms with Crippen molar-refractivity contribution in [2.24, 2.45) is 7.05 Å². The quantitative estimate of drug-likeness (QED) is 0.702. The smallest absolute Gasteiger partial charge is 0.276 e. The van der Waals surface area contributed by atoms with E-state index < -0.39 is 0 Å². The standard InChI is InChI=1S/C20H19ClFN3O2/c1-11-8-16(19(27-4)9-14(11)21)23-20(26)17-10-18(25(3)24-17)13-5-6-15(22)12(2)7-13/h5-10H,1-4H3,(H,23,26). The minimum Gasteiger partial charge on any atom is -0.495 e. The molecule has 1 aromatic heterocycles. The monoisotopic (exact) mass is 387 g/mol. The normalized spacial score (nSPS) is 10.7. The highest BCUT2D eigenvalue weighted by Gasteiger charge is 2.17. The van der Waals surface area contributed by atoms with Crippen LogP contribution in [0, 0.1) is 19.7 Å². The number of nitrogens with zero attached hydrogens (tertiary/aromatic N) is 2. The minimum absolute atomic E-state index is 0.240. The first-order valence-electron chi connectivity index (χ1n) is 8.26. The Labute approximate surface area is 161 Å². The largest absolute Gasteiger partial charge is 0.495 e. The van der Waals surface area contributed by atoms with E-state index >= 15 is 0 Å². The van der Waals surface area contributed by atoms with Gasteiger partial charge in [-0.15, -0.1) is 0 Å². The topological polar surface area (TPSA) is 56.1 Å². The van der Waals surface area contributed by atoms with Crippen molar-refractivity contribution in [3.05, 3.63) is 64.1 Å². The van der Waals surface area contributed by atoms with Crippen LogP contribution in [0.2, 0.25) is 5.02 Å². The summed E-state index contributed by atoms with van der Waals surface area (Å²) in [6, 6.07) is 9.84. The van der Waals surface area contributed by atoms with Gasteiger partial charge in [-0.3, -0.25) is 9.48 Å². The van der Waals surface area contributed by atoms with E-state index in [2.05, 4.69) is 10.4 Å². The number of rotatable bonds is 4. The van der Waals surface area contributed by atoms with Crippen molar-refractivity contribution in [1.82, 2.24) is 9.78 Å². The van der Waals surface area contributed by atoms with Gasteiger partial charge in [-0.05, 0) is 55.3 Å². The fraction of sp³-hybridized carbons (Fsp3) is 0.200. The predicted octanol–water partition coefficient (Wildman–Crippen LogP) is 4.76. The Kier molecular flexibility index (Phi) is 5.19. The first-order valence-corrected chi connectivity index (χ1v) is 8.64. The molecule has 140 valence electrons. The van der Waals surface area contributed by atoms with Crippen LogP contribution in [0.25, 0.3) is 11.3 Å². The summed E-state index contributed by atoms with van der Waals surface area (Å²) in [4.78, 5) is 12.7. The van der Waals surface area contributed by atoms with Crippen molar-refractivity contribution in [2.45, 2.75) is 13.8 Å². The SMILES string of the molecule is COc1cc(Cl)c(C)cc1NC(=O)c1cc(-c2ccc(F)c(C)c2)n(C)n1. The van der Waals surface area contributed by atoms with E-state index in [0.29, 0.717) is 27.7 Å². The number of amides is 1. The van der Waals surface area contributed by atoms with Crippen molar-refractivity contribution < 1.29 is 13.9 Å². The van der Waals surface area contributed by atoms with Gasteiger partial charge in [-0.1, -0.05) is 11.6 Å². The molecule has 2 aromatic carbocycles. The second kappa shape index (κ2) is 7.40. The van der Waals surface area contributed by atoms with Gasteiger partial charge in [0.25, 0.3) is 5.91 Å². The van der Waals surface area contributed by atoms with Crippen LogP contribution in [-0.2, 0) is 7.05 Å². The fourth-order valence-corrected chi connectivity index (χ4v) is 2.92. The molecular formula is C20H19ClFN3O2. The molecule has 27 heavy (non-hydrogen) atoms. The highest BCUT2D eigenvalue weighted by molar-refractivity contribution is 6.31. The average Bonchev–Trinajstić information content (AvgIpc) is 3.02. The molecule has 3 rings (SSSR count). The molecule has 5 nitrogen and oxygen atoms in total. The second-order valence-corrected chi connectivity index (χ2v) is 6.67. The van der Waals surface area contributed by atoms with Crippen molar-refractivity contribution in [1.29, 1.82) is 0 Å². The number of nitrogens with one attached hydrogen (secondary N) is 1. The van der Waals surface area contributed by atoms with E-state index in [4.69, 9.17) is 16.3 Å². The molecule has 3 aromatic rings. The van der Waals surface area contributed by atoms with Gasteiger partial charge in [-0.25, -0.2) is 4.39 Å². The lowest BCUT2D eigenvalue weighted by Gasteiger charge is -2.11. The molecule has 0 spiro atoms. The van der Waals surface area contributed by atoms with Crippen LogP contribution < -0.4 is 10.1 Å². The third-order valence-corrected chi connectivity index (χ3v) is 4.70. The summed E-state index contributed by atoms with van der Waals surface area (Å²) in [6.07, 6.45) is 0. The van der Waals surface area contributed by atoms with Crippen LogP contribution in [0.1, 0.15) is 21.6 Å². The van der Waals surface area contributed by atoms with Crippen LogP contribution in [-0.4, -0.2) is 22.8 Å². The zero-order valence-electron chi connectivity index (χ0n) is 15.4. The molecule has 0 fully saturated rings. The number of carbonyl (C=O) groups is 1. The molecule has 0 radical (unpaired) electrons. The van der Waals surface area contributed by atoms with Gasteiger partial charge in [0.1, 0.15) is 11.6 Å². The van der Waals surface area contributed by atoms with Gasteiger partial charge >= 0.3 is 0 Å². The number of ether oxygens (including phenoxy) is 1. The number of aryl methyl sites for hydroxylation is 3. The third-order valence-electron chi connectivity index (χ3n) is 4.30. The Morgan fingerprint density at radius 1 is 1.19 bits per heavy atom. The Morgan fingerprint density at radius 3 is 2.59 bits per heavy atom. The van der Waals surface area contributed by atoms with Gasteiger partial charge in [0, 0.05) is 23.7 Å². The van der Waals surface area contributed by atoms with Crippen LogP contribution in [0.4, 0.5) is 10.1 Å². The first-order chi connectivity index (χ1) is 12.8. The molecule has 0 saturated carbocycles. The zero-order valence-corrected chi connectivity index (χ0v) is 16.2. The van der Waals surface area contributed by atoms with Crippen LogP contribution in [0.5, 0.6) is 5.75 Å². The number of anilines is 1. The van der Waals surface area contributed by atoms with Gasteiger partial charge in [0.05, 0.1) is 18.5 Å². The molecule has 0 aliphatic heterocycles. The van der Waals surface area contributed by atoms with Crippen LogP contribution in [0.3, 0.4) is 0 Å². The highest BCUT2D eigenvalue weighted by Crippen LogP contribution is 2.31. The summed E-state index contributed by atoms with van der Waals surface area (Å²) in [6.45, 7) is 3.53. The number of benzene rings is 2. The molecule has 0 unspecified atom stereocenters. The van der Waals surface area contributed by atoms with Crippen LogP contribution in [0.15, 0.2) is 36.4 Å². The summed E-state index contributed by atoms with van der Waals surface area (Å²) in [7, 11) is 3.24. The Hall–Kier alpha value is -2.86. The molecule has 0 atom stereocenters. The van der Waals surface area contributed by atoms with E-state index in [1.165, 1.54) is 13.2 Å². The number of aromatic nitrogens is 2. The summed E-state index contributed by atoms with van der Waals surface area (Å²) >= 11 is 6.10. The zero-order chi connectivity index (χ0) is 19.7. The van der Waals surface area contributed by atoms with Crippen LogP contribution >= 0.6 is 11.6 Å². The Morgan fingerprint density at radius 2 is 1.93 bits per heavy atom. The minimum atomic E-state index is -0.379. The molecule has 0 aliphatic carbocycles. The summed E-state index contributed by atoms with van der Waals surface area (Å²) < 4.78 is 20.4. The van der Waals surface area contributed by atoms with Crippen molar-refractivity contribution in [2.75, 3.05) is 12.4 Å². The molecule has 1 N–H and O–H groups in total. The second-order valence-electron chi connectivity index (χ2n) is 6.26. The van der Waals surface area contributed by atoms with E-state index in [9.17, 15) is 9.18 Å². The number of hydrogen-bond donors (Lipinski definition) is 1. The molecule has 0 aliphatic rings. The molecule has 0 saturated heterocycles. The van der Waals surface area contributed by atoms with E-state index in [1.807, 2.05) is 6.92 Å². The first kappa shape index (κ1) is 18.9. The fourth-order valence-electron chi connectivity index (χ4n) is 2.77. The number of carbonyl (C=O) groups excluding carboxylic acids is 1. The molecule has 7 heteroatoms. The maximum absolute atomic E-state index is 13.5. The lowest BCUT2D eigenvalue weighted by atomic mass is 10.1. The lowest BCUT2D eigenvalue weighted by molar-refractivity contribution is 0.102. The Bertz CT molecular complexity index is 1030. The van der Waals surface area contributed by atoms with Crippen molar-refractivity contribution in [3.8, 4) is 17.0 Å². The van der Waals surface area contributed by atoms with E-state index in [-0.39, 0.29) is 17.4 Å². The highest BCUT2D eigenvalue weighted by atomic mass is 35.5. The van der Waals surface area contributed by atoms with E-state index in [1.54, 1.807) is 49.0 Å². The summed E-state index contributed by atoms with van der Waals surface area (Å²) in [5.41, 5.74) is 3.58. The molecule has 1 heterocycles. The van der Waals surface area contributed by atoms with Gasteiger partial charge in [0.15, 0.2) is 5.69 Å². The summed E-state index contributed by atoms with van der Waals surface area (Å²) in [5.74, 6) is -0.191. The number of hydrogen-bond acceptors (Lipinski definition) is 3. The van der Waals surface area contributed by atoms with E-state index in [0.717, 1.165) is 11.1 Å². The molecular weight excluding hydrogens is 369 g/mol. The molecule has 1 amide bonds. The van der Waals surface area contributed by atoms with Gasteiger partial charge in [0.2, 0.25) is 0 Å². The van der Waals surface area contributed by atoms with Crippen molar-refractivity contribution >= 4 is 23.2 Å². The maximum Gasteiger partial charge on any atom is 0.276 e. The van der Waals surface area contributed by atoms with Gasteiger partial charge < -0.3 is 10.1 Å². The number of methoxy groups -OCH3 is 1. The molecule has 0 bridgehead atoms. The maximum atomic E-state index is 13.5. The third kappa shape index (κ3) is 3.80.